The van der Waals surface area contributed by atoms with Gasteiger partial charge in [-0.3, -0.25) is 4.79 Å². The maximum absolute atomic E-state index is 11.2. The summed E-state index contributed by atoms with van der Waals surface area (Å²) in [6.45, 7) is 0.804. The smallest absolute Gasteiger partial charge is 0.309 e. The van der Waals surface area contributed by atoms with E-state index in [0.29, 0.717) is 12.3 Å². The van der Waals surface area contributed by atoms with Crippen molar-refractivity contribution in [1.82, 2.24) is 0 Å². The molecule has 3 atom stereocenters. The Morgan fingerprint density at radius 2 is 2.31 bits per heavy atom. The maximum atomic E-state index is 11.2. The van der Waals surface area contributed by atoms with Gasteiger partial charge in [0.15, 0.2) is 0 Å². The number of rotatable bonds is 0. The molecule has 3 nitrogen and oxygen atoms in total. The Morgan fingerprint density at radius 3 is 3.23 bits per heavy atom. The van der Waals surface area contributed by atoms with Crippen molar-refractivity contribution >= 4 is 5.97 Å². The molecular formula is C10H14O3. The summed E-state index contributed by atoms with van der Waals surface area (Å²) in [6, 6.07) is 0. The standard InChI is InChI=1S/C10H14O3/c11-9-5-8-10(13-9)4-2-1-3-7(10)6-12-8/h7-8H,1-6H2/t7-,8-,10-/m0/s1. The predicted molar refractivity (Wildman–Crippen MR) is 45.1 cm³/mol. The van der Waals surface area contributed by atoms with Gasteiger partial charge in [-0.25, -0.2) is 0 Å². The van der Waals surface area contributed by atoms with Crippen LogP contribution in [0.3, 0.4) is 0 Å². The second-order valence-electron chi connectivity index (χ2n) is 4.40. The third-order valence-electron chi connectivity index (χ3n) is 3.76. The van der Waals surface area contributed by atoms with Crippen LogP contribution in [0.2, 0.25) is 0 Å². The summed E-state index contributed by atoms with van der Waals surface area (Å²) < 4.78 is 11.2. The average Bonchev–Trinajstić information content (AvgIpc) is 2.57. The molecule has 72 valence electrons. The lowest BCUT2D eigenvalue weighted by molar-refractivity contribution is -0.154. The molecule has 13 heavy (non-hydrogen) atoms. The van der Waals surface area contributed by atoms with Gasteiger partial charge in [0.25, 0.3) is 0 Å². The molecule has 0 bridgehead atoms. The van der Waals surface area contributed by atoms with Crippen LogP contribution in [0.4, 0.5) is 0 Å². The number of carbonyl (C=O) groups is 1. The van der Waals surface area contributed by atoms with E-state index < -0.39 is 0 Å². The highest BCUT2D eigenvalue weighted by atomic mass is 16.6. The van der Waals surface area contributed by atoms with Crippen molar-refractivity contribution in [3.63, 3.8) is 0 Å². The number of ether oxygens (including phenoxy) is 2. The Balaban J connectivity index is 1.94. The first-order valence-corrected chi connectivity index (χ1v) is 5.15. The molecule has 0 aromatic rings. The molecule has 3 aliphatic rings. The first kappa shape index (κ1) is 7.80. The van der Waals surface area contributed by atoms with Crippen LogP contribution in [0.1, 0.15) is 32.1 Å². The minimum absolute atomic E-state index is 0.0587. The van der Waals surface area contributed by atoms with Crippen molar-refractivity contribution in [1.29, 1.82) is 0 Å². The molecule has 2 aliphatic heterocycles. The van der Waals surface area contributed by atoms with Gasteiger partial charge in [0.1, 0.15) is 11.7 Å². The molecule has 1 aliphatic carbocycles. The predicted octanol–water partition coefficient (Wildman–Crippen LogP) is 1.26. The van der Waals surface area contributed by atoms with Gasteiger partial charge in [-0.15, -0.1) is 0 Å². The summed E-state index contributed by atoms with van der Waals surface area (Å²) >= 11 is 0. The zero-order chi connectivity index (χ0) is 8.89. The van der Waals surface area contributed by atoms with Gasteiger partial charge in [0.2, 0.25) is 0 Å². The van der Waals surface area contributed by atoms with Crippen molar-refractivity contribution in [2.75, 3.05) is 6.61 Å². The van der Waals surface area contributed by atoms with Gasteiger partial charge >= 0.3 is 5.97 Å². The molecule has 2 heterocycles. The molecule has 0 N–H and O–H groups in total. The first-order valence-electron chi connectivity index (χ1n) is 5.15. The largest absolute Gasteiger partial charge is 0.456 e. The lowest BCUT2D eigenvalue weighted by Gasteiger charge is -2.35. The fourth-order valence-electron chi connectivity index (χ4n) is 3.10. The van der Waals surface area contributed by atoms with E-state index in [9.17, 15) is 4.79 Å². The minimum Gasteiger partial charge on any atom is -0.456 e. The molecular weight excluding hydrogens is 168 g/mol. The lowest BCUT2D eigenvalue weighted by Crippen LogP contribution is -2.43. The van der Waals surface area contributed by atoms with E-state index in [-0.39, 0.29) is 17.7 Å². The topological polar surface area (TPSA) is 35.5 Å². The highest BCUT2D eigenvalue weighted by molar-refractivity contribution is 5.73. The van der Waals surface area contributed by atoms with Gasteiger partial charge in [-0.05, 0) is 19.3 Å². The van der Waals surface area contributed by atoms with E-state index in [1.807, 2.05) is 0 Å². The molecule has 1 spiro atoms. The van der Waals surface area contributed by atoms with E-state index in [2.05, 4.69) is 0 Å². The zero-order valence-corrected chi connectivity index (χ0v) is 7.62. The Labute approximate surface area is 77.4 Å². The monoisotopic (exact) mass is 182 g/mol. The molecule has 3 heteroatoms. The molecule has 2 saturated heterocycles. The summed E-state index contributed by atoms with van der Waals surface area (Å²) in [5, 5.41) is 0. The van der Waals surface area contributed by atoms with E-state index in [1.54, 1.807) is 0 Å². The van der Waals surface area contributed by atoms with Crippen molar-refractivity contribution < 1.29 is 14.3 Å². The summed E-state index contributed by atoms with van der Waals surface area (Å²) in [4.78, 5) is 11.2. The van der Waals surface area contributed by atoms with Crippen LogP contribution < -0.4 is 0 Å². The summed E-state index contributed by atoms with van der Waals surface area (Å²) in [5.74, 6) is 0.425. The maximum Gasteiger partial charge on any atom is 0.309 e. The second kappa shape index (κ2) is 2.47. The molecule has 0 aromatic carbocycles. The van der Waals surface area contributed by atoms with Crippen molar-refractivity contribution in [3.8, 4) is 0 Å². The number of hydrogen-bond acceptors (Lipinski definition) is 3. The zero-order valence-electron chi connectivity index (χ0n) is 7.62. The quantitative estimate of drug-likeness (QED) is 0.529. The summed E-state index contributed by atoms with van der Waals surface area (Å²) in [6.07, 6.45) is 5.20. The first-order chi connectivity index (χ1) is 6.31. The van der Waals surface area contributed by atoms with Gasteiger partial charge in [-0.2, -0.15) is 0 Å². The fourth-order valence-corrected chi connectivity index (χ4v) is 3.10. The van der Waals surface area contributed by atoms with Crippen LogP contribution in [0.15, 0.2) is 0 Å². The van der Waals surface area contributed by atoms with Crippen LogP contribution >= 0.6 is 0 Å². The Kier molecular flexibility index (Phi) is 1.48. The lowest BCUT2D eigenvalue weighted by atomic mass is 9.75. The number of esters is 1. The highest BCUT2D eigenvalue weighted by Gasteiger charge is 2.59. The Morgan fingerprint density at radius 1 is 1.38 bits per heavy atom. The average molecular weight is 182 g/mol. The van der Waals surface area contributed by atoms with Crippen LogP contribution in [-0.2, 0) is 14.3 Å². The molecule has 0 radical (unpaired) electrons. The molecule has 0 unspecified atom stereocenters. The highest BCUT2D eigenvalue weighted by Crippen LogP contribution is 2.49. The Hall–Kier alpha value is -0.570. The van der Waals surface area contributed by atoms with E-state index in [1.165, 1.54) is 19.3 Å². The number of hydrogen-bond donors (Lipinski definition) is 0. The normalized spacial score (nSPS) is 48.5. The van der Waals surface area contributed by atoms with E-state index >= 15 is 0 Å². The van der Waals surface area contributed by atoms with Gasteiger partial charge in [0.05, 0.1) is 13.0 Å². The van der Waals surface area contributed by atoms with Crippen molar-refractivity contribution in [2.24, 2.45) is 5.92 Å². The van der Waals surface area contributed by atoms with Crippen LogP contribution in [-0.4, -0.2) is 24.3 Å². The molecule has 0 aromatic heterocycles. The Bertz CT molecular complexity index is 249. The SMILES string of the molecule is O=C1C[C@@H]2OC[C@@H]3CCCC[C@]32O1. The number of carbonyl (C=O) groups excluding carboxylic acids is 1. The van der Waals surface area contributed by atoms with Crippen LogP contribution in [0.25, 0.3) is 0 Å². The summed E-state index contributed by atoms with van der Waals surface area (Å²) in [7, 11) is 0. The molecule has 3 rings (SSSR count). The third-order valence-corrected chi connectivity index (χ3v) is 3.76. The van der Waals surface area contributed by atoms with Gasteiger partial charge < -0.3 is 9.47 Å². The molecule has 3 fully saturated rings. The van der Waals surface area contributed by atoms with E-state index in [0.717, 1.165) is 13.0 Å². The van der Waals surface area contributed by atoms with Crippen LogP contribution in [0, 0.1) is 5.92 Å². The fraction of sp³-hybridized carbons (Fsp3) is 0.900. The molecule has 1 saturated carbocycles. The second-order valence-corrected chi connectivity index (χ2v) is 4.40. The summed E-state index contributed by atoms with van der Waals surface area (Å²) in [5.41, 5.74) is -0.199. The van der Waals surface area contributed by atoms with Gasteiger partial charge in [0, 0.05) is 5.92 Å². The van der Waals surface area contributed by atoms with E-state index in [4.69, 9.17) is 9.47 Å². The third kappa shape index (κ3) is 0.909. The molecule has 0 amide bonds. The van der Waals surface area contributed by atoms with Crippen molar-refractivity contribution in [3.05, 3.63) is 0 Å². The van der Waals surface area contributed by atoms with Gasteiger partial charge in [-0.1, -0.05) is 6.42 Å². The minimum atomic E-state index is -0.199. The van der Waals surface area contributed by atoms with Crippen molar-refractivity contribution in [2.45, 2.75) is 43.8 Å². The van der Waals surface area contributed by atoms with Crippen LogP contribution in [0.5, 0.6) is 0 Å².